The molecule has 4 rings (SSSR count). The van der Waals surface area contributed by atoms with E-state index in [1.165, 1.54) is 0 Å². The van der Waals surface area contributed by atoms with Crippen molar-refractivity contribution in [1.82, 2.24) is 4.90 Å². The number of allylic oxidation sites excluding steroid dienone is 2. The molecule has 2 aliphatic heterocycles. The maximum Gasteiger partial charge on any atom is 0.414 e. The summed E-state index contributed by atoms with van der Waals surface area (Å²) in [5.74, 6) is 0.701. The Bertz CT molecular complexity index is 983. The van der Waals surface area contributed by atoms with Crippen molar-refractivity contribution >= 4 is 17.7 Å². The SMILES string of the molecule is C/C=C(\C)OC(=O)N1CCC[C@H]2C(C1)c1cc(C)ccc1N2C(=O)c1ccccc1. The van der Waals surface area contributed by atoms with Crippen LogP contribution in [-0.2, 0) is 4.74 Å². The number of hydrogen-bond donors (Lipinski definition) is 0. The number of amides is 2. The third-order valence-electron chi connectivity index (χ3n) is 6.14. The van der Waals surface area contributed by atoms with E-state index < -0.39 is 0 Å². The zero-order valence-electron chi connectivity index (χ0n) is 17.8. The summed E-state index contributed by atoms with van der Waals surface area (Å²) in [6, 6.07) is 15.7. The number of ether oxygens (including phenoxy) is 1. The Kier molecular flexibility index (Phi) is 5.62. The van der Waals surface area contributed by atoms with Gasteiger partial charge in [-0.3, -0.25) is 4.79 Å². The van der Waals surface area contributed by atoms with Gasteiger partial charge in [-0.1, -0.05) is 35.9 Å². The van der Waals surface area contributed by atoms with Crippen LogP contribution in [0.3, 0.4) is 0 Å². The highest BCUT2D eigenvalue weighted by atomic mass is 16.6. The van der Waals surface area contributed by atoms with Crippen LogP contribution in [0.4, 0.5) is 10.5 Å². The molecule has 5 heteroatoms. The van der Waals surface area contributed by atoms with E-state index in [0.29, 0.717) is 24.4 Å². The van der Waals surface area contributed by atoms with Gasteiger partial charge in [0.05, 0.1) is 0 Å². The molecule has 0 bridgehead atoms. The number of fused-ring (bicyclic) bond motifs is 3. The fraction of sp³-hybridized carbons (Fsp3) is 0.360. The smallest absolute Gasteiger partial charge is 0.414 e. The van der Waals surface area contributed by atoms with Crippen LogP contribution in [-0.4, -0.2) is 36.0 Å². The van der Waals surface area contributed by atoms with Gasteiger partial charge in [0.1, 0.15) is 5.76 Å². The van der Waals surface area contributed by atoms with Crippen molar-refractivity contribution in [2.75, 3.05) is 18.0 Å². The molecule has 1 saturated heterocycles. The lowest BCUT2D eigenvalue weighted by molar-refractivity contribution is 0.0976. The second-order valence-electron chi connectivity index (χ2n) is 8.13. The lowest BCUT2D eigenvalue weighted by Gasteiger charge is -2.28. The van der Waals surface area contributed by atoms with E-state index in [-0.39, 0.29) is 24.0 Å². The van der Waals surface area contributed by atoms with Crippen LogP contribution in [0.25, 0.3) is 0 Å². The third-order valence-corrected chi connectivity index (χ3v) is 6.14. The van der Waals surface area contributed by atoms with Crippen LogP contribution < -0.4 is 4.90 Å². The highest BCUT2D eigenvalue weighted by Gasteiger charge is 2.44. The van der Waals surface area contributed by atoms with Gasteiger partial charge in [-0.2, -0.15) is 0 Å². The van der Waals surface area contributed by atoms with E-state index in [1.54, 1.807) is 17.9 Å². The van der Waals surface area contributed by atoms with E-state index in [2.05, 4.69) is 19.1 Å². The van der Waals surface area contributed by atoms with Crippen LogP contribution in [0, 0.1) is 6.92 Å². The summed E-state index contributed by atoms with van der Waals surface area (Å²) in [4.78, 5) is 29.9. The molecule has 0 aromatic heterocycles. The van der Waals surface area contributed by atoms with Gasteiger partial charge in [0.2, 0.25) is 0 Å². The molecule has 2 aromatic carbocycles. The summed E-state index contributed by atoms with van der Waals surface area (Å²) in [6.07, 6.45) is 3.15. The molecular weight excluding hydrogens is 376 g/mol. The largest absolute Gasteiger partial charge is 0.415 e. The van der Waals surface area contributed by atoms with Crippen LogP contribution >= 0.6 is 0 Å². The van der Waals surface area contributed by atoms with Gasteiger partial charge in [-0.05, 0) is 63.5 Å². The highest BCUT2D eigenvalue weighted by molar-refractivity contribution is 6.08. The van der Waals surface area contributed by atoms with Gasteiger partial charge in [0.15, 0.2) is 0 Å². The molecule has 0 aliphatic carbocycles. The lowest BCUT2D eigenvalue weighted by atomic mass is 9.92. The molecule has 2 aliphatic rings. The zero-order valence-corrected chi connectivity index (χ0v) is 17.8. The van der Waals surface area contributed by atoms with Crippen molar-refractivity contribution in [1.29, 1.82) is 0 Å². The van der Waals surface area contributed by atoms with Crippen molar-refractivity contribution in [3.8, 4) is 0 Å². The molecule has 0 radical (unpaired) electrons. The fourth-order valence-corrected chi connectivity index (χ4v) is 4.53. The van der Waals surface area contributed by atoms with Crippen LogP contribution in [0.1, 0.15) is 54.1 Å². The Morgan fingerprint density at radius 2 is 1.90 bits per heavy atom. The summed E-state index contributed by atoms with van der Waals surface area (Å²) < 4.78 is 5.47. The molecule has 5 nitrogen and oxygen atoms in total. The predicted molar refractivity (Wildman–Crippen MR) is 118 cm³/mol. The number of rotatable bonds is 2. The summed E-state index contributed by atoms with van der Waals surface area (Å²) >= 11 is 0. The van der Waals surface area contributed by atoms with Crippen LogP contribution in [0.15, 0.2) is 60.4 Å². The van der Waals surface area contributed by atoms with Crippen molar-refractivity contribution in [2.24, 2.45) is 0 Å². The number of nitrogens with zero attached hydrogens (tertiary/aromatic N) is 2. The van der Waals surface area contributed by atoms with Gasteiger partial charge < -0.3 is 14.5 Å². The Morgan fingerprint density at radius 3 is 2.63 bits per heavy atom. The minimum absolute atomic E-state index is 0.0222. The van der Waals surface area contributed by atoms with Crippen molar-refractivity contribution in [3.05, 3.63) is 77.1 Å². The molecule has 156 valence electrons. The van der Waals surface area contributed by atoms with E-state index in [0.717, 1.165) is 29.7 Å². The molecule has 2 amide bonds. The average molecular weight is 405 g/mol. The molecule has 2 heterocycles. The standard InChI is InChI=1S/C25H28N2O3/c1-4-18(3)30-25(29)26-14-8-11-22-21(16-26)20-15-17(2)12-13-23(20)27(22)24(28)19-9-6-5-7-10-19/h4-7,9-10,12-13,15,21-22H,8,11,14,16H2,1-3H3/b18-4+/t21?,22-/m0/s1. The maximum atomic E-state index is 13.5. The van der Waals surface area contributed by atoms with Crippen LogP contribution in [0.5, 0.6) is 0 Å². The number of likely N-dealkylation sites (tertiary alicyclic amines) is 1. The first kappa shape index (κ1) is 20.2. The number of carbonyl (C=O) groups is 2. The minimum Gasteiger partial charge on any atom is -0.415 e. The molecule has 0 spiro atoms. The van der Waals surface area contributed by atoms with E-state index >= 15 is 0 Å². The molecule has 2 atom stereocenters. The second-order valence-corrected chi connectivity index (χ2v) is 8.13. The molecule has 30 heavy (non-hydrogen) atoms. The van der Waals surface area contributed by atoms with E-state index in [1.807, 2.05) is 48.2 Å². The van der Waals surface area contributed by atoms with Gasteiger partial charge in [-0.25, -0.2) is 4.79 Å². The third kappa shape index (κ3) is 3.72. The first-order chi connectivity index (χ1) is 14.5. The van der Waals surface area contributed by atoms with Crippen molar-refractivity contribution < 1.29 is 14.3 Å². The average Bonchev–Trinajstić information content (AvgIpc) is 2.90. The second kappa shape index (κ2) is 8.34. The Labute approximate surface area is 177 Å². The van der Waals surface area contributed by atoms with Crippen molar-refractivity contribution in [3.63, 3.8) is 0 Å². The van der Waals surface area contributed by atoms with Crippen LogP contribution in [0.2, 0.25) is 0 Å². The first-order valence-corrected chi connectivity index (χ1v) is 10.6. The Hall–Kier alpha value is -3.08. The summed E-state index contributed by atoms with van der Waals surface area (Å²) in [6.45, 7) is 6.89. The lowest BCUT2D eigenvalue weighted by Crippen LogP contribution is -2.41. The molecular formula is C25H28N2O3. The van der Waals surface area contributed by atoms with Gasteiger partial charge >= 0.3 is 6.09 Å². The first-order valence-electron chi connectivity index (χ1n) is 10.6. The number of benzene rings is 2. The maximum absolute atomic E-state index is 13.5. The topological polar surface area (TPSA) is 49.9 Å². The van der Waals surface area contributed by atoms with E-state index in [9.17, 15) is 9.59 Å². The number of anilines is 1. The summed E-state index contributed by atoms with van der Waals surface area (Å²) in [5.41, 5.74) is 3.95. The Balaban J connectivity index is 1.69. The van der Waals surface area contributed by atoms with Gasteiger partial charge in [0.25, 0.3) is 5.91 Å². The highest BCUT2D eigenvalue weighted by Crippen LogP contribution is 2.45. The number of aryl methyl sites for hydroxylation is 1. The number of carbonyl (C=O) groups excluding carboxylic acids is 2. The minimum atomic E-state index is -0.312. The quantitative estimate of drug-likeness (QED) is 0.641. The normalized spacial score (nSPS) is 21.0. The van der Waals surface area contributed by atoms with Gasteiger partial charge in [0, 0.05) is 36.3 Å². The fourth-order valence-electron chi connectivity index (χ4n) is 4.53. The Morgan fingerprint density at radius 1 is 1.13 bits per heavy atom. The molecule has 0 saturated carbocycles. The molecule has 2 aromatic rings. The molecule has 0 N–H and O–H groups in total. The number of hydrogen-bond acceptors (Lipinski definition) is 3. The summed E-state index contributed by atoms with van der Waals surface area (Å²) in [7, 11) is 0. The zero-order chi connectivity index (χ0) is 21.3. The van der Waals surface area contributed by atoms with E-state index in [4.69, 9.17) is 4.74 Å². The monoisotopic (exact) mass is 404 g/mol. The molecule has 1 unspecified atom stereocenters. The van der Waals surface area contributed by atoms with Crippen molar-refractivity contribution in [2.45, 2.75) is 45.6 Å². The van der Waals surface area contributed by atoms with Gasteiger partial charge in [-0.15, -0.1) is 0 Å². The molecule has 1 fully saturated rings. The predicted octanol–water partition coefficient (Wildman–Crippen LogP) is 5.26. The summed E-state index contributed by atoms with van der Waals surface area (Å²) in [5, 5.41) is 0.